The number of carbonyl (C=O) groups excluding carboxylic acids is 1. The number of fused-ring (bicyclic) bond motifs is 1. The molecule has 1 fully saturated rings. The van der Waals surface area contributed by atoms with Gasteiger partial charge in [-0.3, -0.25) is 4.79 Å². The Hall–Kier alpha value is -1.30. The Morgan fingerprint density at radius 3 is 2.80 bits per heavy atom. The van der Waals surface area contributed by atoms with Crippen LogP contribution in [0.4, 0.5) is 0 Å². The van der Waals surface area contributed by atoms with Crippen molar-refractivity contribution in [3.05, 3.63) is 36.3 Å². The highest BCUT2D eigenvalue weighted by Crippen LogP contribution is 2.07. The number of pyridine rings is 1. The van der Waals surface area contributed by atoms with Crippen molar-refractivity contribution in [2.24, 2.45) is 0 Å². The molecule has 3 rings (SSSR count). The highest BCUT2D eigenvalue weighted by Gasteiger charge is 2.16. The Morgan fingerprint density at radius 1 is 1.30 bits per heavy atom. The number of nitrogens with one attached hydrogen (secondary N) is 2. The number of nitrogens with zero attached hydrogens (tertiary/aromatic N) is 2. The summed E-state index contributed by atoms with van der Waals surface area (Å²) in [5.74, 6) is -0.00231. The van der Waals surface area contributed by atoms with Crippen LogP contribution in [0.2, 0.25) is 0 Å². The molecule has 0 spiro atoms. The summed E-state index contributed by atoms with van der Waals surface area (Å²) in [5, 5.41) is 6.36. The van der Waals surface area contributed by atoms with Gasteiger partial charge in [-0.05, 0) is 38.1 Å². The number of piperidine rings is 1. The normalized spacial score (nSPS) is 15.2. The zero-order chi connectivity index (χ0) is 12.4. The van der Waals surface area contributed by atoms with Gasteiger partial charge in [0.05, 0.1) is 5.56 Å². The lowest BCUT2D eigenvalue weighted by atomic mass is 10.1. The summed E-state index contributed by atoms with van der Waals surface area (Å²) in [6, 6.07) is 3.97. The van der Waals surface area contributed by atoms with Gasteiger partial charge in [-0.1, -0.05) is 0 Å². The van der Waals surface area contributed by atoms with Crippen LogP contribution in [-0.2, 0) is 0 Å². The van der Waals surface area contributed by atoms with Crippen LogP contribution in [0.3, 0.4) is 0 Å². The standard InChI is InChI=1S/C13H16N4O.2ClH/c18-13(16-11-3-5-14-6-4-11)10-1-2-12-15-7-8-17(12)9-10;;/h1-2,7-9,11,14H,3-6H2,(H,16,18);2*1H. The number of hydrogen-bond acceptors (Lipinski definition) is 3. The first-order valence-electron chi connectivity index (χ1n) is 6.27. The van der Waals surface area contributed by atoms with Crippen molar-refractivity contribution < 1.29 is 4.79 Å². The van der Waals surface area contributed by atoms with Gasteiger partial charge in [0.1, 0.15) is 5.65 Å². The van der Waals surface area contributed by atoms with Crippen LogP contribution >= 0.6 is 24.8 Å². The first-order valence-corrected chi connectivity index (χ1v) is 6.27. The SMILES string of the molecule is Cl.Cl.O=C(NC1CCNCC1)c1ccc2nccn2c1. The Labute approximate surface area is 130 Å². The van der Waals surface area contributed by atoms with Gasteiger partial charge in [-0.25, -0.2) is 4.98 Å². The third kappa shape index (κ3) is 3.62. The minimum Gasteiger partial charge on any atom is -0.349 e. The van der Waals surface area contributed by atoms with E-state index >= 15 is 0 Å². The zero-order valence-electron chi connectivity index (χ0n) is 10.9. The monoisotopic (exact) mass is 316 g/mol. The average Bonchev–Trinajstić information content (AvgIpc) is 2.87. The maximum absolute atomic E-state index is 12.1. The summed E-state index contributed by atoms with van der Waals surface area (Å²) in [7, 11) is 0. The van der Waals surface area contributed by atoms with Crippen LogP contribution < -0.4 is 10.6 Å². The van der Waals surface area contributed by atoms with E-state index in [0.29, 0.717) is 5.56 Å². The zero-order valence-corrected chi connectivity index (χ0v) is 12.5. The second-order valence-corrected chi connectivity index (χ2v) is 4.61. The topological polar surface area (TPSA) is 58.4 Å². The van der Waals surface area contributed by atoms with Crippen molar-refractivity contribution in [2.45, 2.75) is 18.9 Å². The van der Waals surface area contributed by atoms with Gasteiger partial charge in [0.2, 0.25) is 0 Å². The Balaban J connectivity index is 0.000001000. The number of carbonyl (C=O) groups is 1. The molecule has 2 aromatic rings. The van der Waals surface area contributed by atoms with E-state index in [2.05, 4.69) is 15.6 Å². The lowest BCUT2D eigenvalue weighted by Gasteiger charge is -2.23. The molecule has 2 N–H and O–H groups in total. The summed E-state index contributed by atoms with van der Waals surface area (Å²) in [5.41, 5.74) is 1.53. The fourth-order valence-corrected chi connectivity index (χ4v) is 2.29. The van der Waals surface area contributed by atoms with Gasteiger partial charge in [0.25, 0.3) is 5.91 Å². The summed E-state index contributed by atoms with van der Waals surface area (Å²) in [6.07, 6.45) is 7.39. The summed E-state index contributed by atoms with van der Waals surface area (Å²) >= 11 is 0. The van der Waals surface area contributed by atoms with Gasteiger partial charge < -0.3 is 15.0 Å². The molecule has 110 valence electrons. The van der Waals surface area contributed by atoms with E-state index in [1.165, 1.54) is 0 Å². The highest BCUT2D eigenvalue weighted by molar-refractivity contribution is 5.94. The number of amides is 1. The largest absolute Gasteiger partial charge is 0.349 e. The van der Waals surface area contributed by atoms with E-state index in [9.17, 15) is 4.79 Å². The molecule has 20 heavy (non-hydrogen) atoms. The second-order valence-electron chi connectivity index (χ2n) is 4.61. The van der Waals surface area contributed by atoms with E-state index < -0.39 is 0 Å². The van der Waals surface area contributed by atoms with Gasteiger partial charge in [-0.2, -0.15) is 0 Å². The minimum absolute atomic E-state index is 0. The van der Waals surface area contributed by atoms with Gasteiger partial charge in [0.15, 0.2) is 0 Å². The van der Waals surface area contributed by atoms with Crippen molar-refractivity contribution in [3.63, 3.8) is 0 Å². The molecule has 0 aromatic carbocycles. The van der Waals surface area contributed by atoms with Crippen LogP contribution in [-0.4, -0.2) is 34.4 Å². The predicted molar refractivity (Wildman–Crippen MR) is 83.0 cm³/mol. The Bertz CT molecular complexity index is 566. The molecule has 1 amide bonds. The summed E-state index contributed by atoms with van der Waals surface area (Å²) in [4.78, 5) is 16.3. The average molecular weight is 317 g/mol. The quantitative estimate of drug-likeness (QED) is 0.886. The summed E-state index contributed by atoms with van der Waals surface area (Å²) < 4.78 is 1.86. The van der Waals surface area contributed by atoms with Crippen LogP contribution in [0.1, 0.15) is 23.2 Å². The van der Waals surface area contributed by atoms with Gasteiger partial charge in [-0.15, -0.1) is 24.8 Å². The van der Waals surface area contributed by atoms with E-state index in [1.807, 2.05) is 28.9 Å². The molecule has 0 atom stereocenters. The van der Waals surface area contributed by atoms with Crippen molar-refractivity contribution in [1.29, 1.82) is 0 Å². The van der Waals surface area contributed by atoms with Crippen LogP contribution in [0.25, 0.3) is 5.65 Å². The van der Waals surface area contributed by atoms with E-state index in [4.69, 9.17) is 0 Å². The molecular weight excluding hydrogens is 299 g/mol. The molecule has 0 unspecified atom stereocenters. The van der Waals surface area contributed by atoms with E-state index in [0.717, 1.165) is 31.6 Å². The van der Waals surface area contributed by atoms with Crippen molar-refractivity contribution in [3.8, 4) is 0 Å². The van der Waals surface area contributed by atoms with E-state index in [1.54, 1.807) is 6.20 Å². The molecular formula is C13H18Cl2N4O. The molecule has 1 aliphatic rings. The number of hydrogen-bond donors (Lipinski definition) is 2. The molecule has 0 saturated carbocycles. The number of imidazole rings is 1. The Kier molecular flexibility index (Phi) is 6.26. The summed E-state index contributed by atoms with van der Waals surface area (Å²) in [6.45, 7) is 1.96. The van der Waals surface area contributed by atoms with Gasteiger partial charge >= 0.3 is 0 Å². The third-order valence-electron chi connectivity index (χ3n) is 3.33. The number of aromatic nitrogens is 2. The smallest absolute Gasteiger partial charge is 0.252 e. The fraction of sp³-hybridized carbons (Fsp3) is 0.385. The second kappa shape index (κ2) is 7.47. The Morgan fingerprint density at radius 2 is 2.05 bits per heavy atom. The molecule has 7 heteroatoms. The number of rotatable bonds is 2. The molecule has 1 saturated heterocycles. The van der Waals surface area contributed by atoms with Gasteiger partial charge in [0, 0.05) is 24.6 Å². The van der Waals surface area contributed by atoms with Crippen LogP contribution in [0.15, 0.2) is 30.7 Å². The first-order chi connectivity index (χ1) is 8.83. The van der Waals surface area contributed by atoms with Crippen LogP contribution in [0, 0.1) is 0 Å². The fourth-order valence-electron chi connectivity index (χ4n) is 2.29. The van der Waals surface area contributed by atoms with E-state index in [-0.39, 0.29) is 36.8 Å². The van der Waals surface area contributed by atoms with Crippen molar-refractivity contribution >= 4 is 36.4 Å². The molecule has 2 aromatic heterocycles. The number of halogens is 2. The molecule has 5 nitrogen and oxygen atoms in total. The van der Waals surface area contributed by atoms with Crippen LogP contribution in [0.5, 0.6) is 0 Å². The molecule has 3 heterocycles. The lowest BCUT2D eigenvalue weighted by molar-refractivity contribution is 0.0929. The first kappa shape index (κ1) is 16.8. The maximum Gasteiger partial charge on any atom is 0.252 e. The van der Waals surface area contributed by atoms with Crippen molar-refractivity contribution in [2.75, 3.05) is 13.1 Å². The predicted octanol–water partition coefficient (Wildman–Crippen LogP) is 1.66. The highest BCUT2D eigenvalue weighted by atomic mass is 35.5. The van der Waals surface area contributed by atoms with Crippen molar-refractivity contribution in [1.82, 2.24) is 20.0 Å². The maximum atomic E-state index is 12.1. The third-order valence-corrected chi connectivity index (χ3v) is 3.33. The molecule has 0 aliphatic carbocycles. The molecule has 1 aliphatic heterocycles. The molecule has 0 bridgehead atoms. The lowest BCUT2D eigenvalue weighted by Crippen LogP contribution is -2.42. The minimum atomic E-state index is -0.00231. The molecule has 0 radical (unpaired) electrons.